The van der Waals surface area contributed by atoms with Crippen LogP contribution in [0.15, 0.2) is 48.5 Å². The molecule has 196 valence electrons. The van der Waals surface area contributed by atoms with Crippen LogP contribution in [0.5, 0.6) is 0 Å². The van der Waals surface area contributed by atoms with Crippen LogP contribution >= 0.6 is 23.2 Å². The van der Waals surface area contributed by atoms with E-state index in [2.05, 4.69) is 5.32 Å². The topological polar surface area (TPSA) is 86.8 Å². The van der Waals surface area contributed by atoms with Gasteiger partial charge in [-0.25, -0.2) is 8.42 Å². The van der Waals surface area contributed by atoms with Crippen LogP contribution < -0.4 is 9.62 Å². The third-order valence-electron chi connectivity index (χ3n) is 6.38. The van der Waals surface area contributed by atoms with Gasteiger partial charge < -0.3 is 10.2 Å². The Labute approximate surface area is 223 Å². The van der Waals surface area contributed by atoms with Crippen LogP contribution in [0.4, 0.5) is 5.69 Å². The number of amides is 2. The van der Waals surface area contributed by atoms with Crippen molar-refractivity contribution in [1.82, 2.24) is 10.2 Å². The predicted octanol–water partition coefficient (Wildman–Crippen LogP) is 5.02. The van der Waals surface area contributed by atoms with Crippen molar-refractivity contribution >= 4 is 50.7 Å². The Morgan fingerprint density at radius 3 is 2.33 bits per heavy atom. The molecule has 1 aliphatic rings. The second-order valence-corrected chi connectivity index (χ2v) is 12.0. The maximum atomic E-state index is 13.4. The molecule has 0 heterocycles. The molecule has 7 nitrogen and oxygen atoms in total. The van der Waals surface area contributed by atoms with Crippen LogP contribution in [-0.2, 0) is 26.2 Å². The molecule has 1 aliphatic carbocycles. The van der Waals surface area contributed by atoms with E-state index in [9.17, 15) is 18.0 Å². The van der Waals surface area contributed by atoms with Crippen molar-refractivity contribution in [3.05, 3.63) is 64.1 Å². The number of sulfonamides is 1. The average molecular weight is 555 g/mol. The van der Waals surface area contributed by atoms with Gasteiger partial charge in [-0.15, -0.1) is 0 Å². The minimum Gasteiger partial charge on any atom is -0.352 e. The van der Waals surface area contributed by atoms with E-state index < -0.39 is 16.1 Å². The van der Waals surface area contributed by atoms with Gasteiger partial charge in [-0.3, -0.25) is 13.9 Å². The van der Waals surface area contributed by atoms with Crippen LogP contribution in [0.3, 0.4) is 0 Å². The Morgan fingerprint density at radius 1 is 1.06 bits per heavy atom. The van der Waals surface area contributed by atoms with Gasteiger partial charge in [0.1, 0.15) is 6.04 Å². The number of anilines is 1. The standard InChI is InChI=1S/C26H33Cl2N3O4S/c1-19(26(33)29-23-8-3-4-9-23)30(18-20-12-14-21(27)15-13-20)25(32)11-6-16-31(36(2,34)35)24-10-5-7-22(28)17-24/h5,7,10,12-15,17,19,23H,3-4,6,8-9,11,16,18H2,1-2H3,(H,29,33)/t19-/m1/s1. The van der Waals surface area contributed by atoms with Gasteiger partial charge in [0, 0.05) is 35.6 Å². The molecule has 1 atom stereocenters. The van der Waals surface area contributed by atoms with Crippen molar-refractivity contribution in [2.75, 3.05) is 17.1 Å². The van der Waals surface area contributed by atoms with Gasteiger partial charge in [-0.1, -0.05) is 54.2 Å². The molecule has 2 aromatic rings. The molecule has 0 aliphatic heterocycles. The van der Waals surface area contributed by atoms with E-state index in [-0.39, 0.29) is 43.8 Å². The monoisotopic (exact) mass is 553 g/mol. The van der Waals surface area contributed by atoms with Crippen LogP contribution in [0.1, 0.15) is 51.0 Å². The Kier molecular flexibility index (Phi) is 10.0. The number of nitrogens with one attached hydrogen (secondary N) is 1. The highest BCUT2D eigenvalue weighted by molar-refractivity contribution is 7.92. The maximum absolute atomic E-state index is 13.4. The number of benzene rings is 2. The van der Waals surface area contributed by atoms with Crippen LogP contribution in [-0.4, -0.2) is 50.0 Å². The summed E-state index contributed by atoms with van der Waals surface area (Å²) < 4.78 is 26.1. The van der Waals surface area contributed by atoms with Crippen molar-refractivity contribution < 1.29 is 18.0 Å². The van der Waals surface area contributed by atoms with E-state index in [1.54, 1.807) is 48.2 Å². The van der Waals surface area contributed by atoms with Gasteiger partial charge in [0.15, 0.2) is 0 Å². The number of carbonyl (C=O) groups is 2. The Hall–Kier alpha value is -2.29. The Bertz CT molecular complexity index is 1150. The number of hydrogen-bond acceptors (Lipinski definition) is 4. The van der Waals surface area contributed by atoms with Gasteiger partial charge in [0.25, 0.3) is 0 Å². The van der Waals surface area contributed by atoms with E-state index in [1.165, 1.54) is 4.31 Å². The summed E-state index contributed by atoms with van der Waals surface area (Å²) in [5.74, 6) is -0.403. The fourth-order valence-electron chi connectivity index (χ4n) is 4.40. The van der Waals surface area contributed by atoms with E-state index in [4.69, 9.17) is 23.2 Å². The molecular weight excluding hydrogens is 521 g/mol. The number of halogens is 2. The third kappa shape index (κ3) is 8.11. The Balaban J connectivity index is 1.71. The lowest BCUT2D eigenvalue weighted by molar-refractivity contribution is -0.141. The van der Waals surface area contributed by atoms with Gasteiger partial charge in [0.2, 0.25) is 21.8 Å². The first-order valence-electron chi connectivity index (χ1n) is 12.1. The molecule has 3 rings (SSSR count). The average Bonchev–Trinajstić information content (AvgIpc) is 3.33. The molecule has 0 spiro atoms. The summed E-state index contributed by atoms with van der Waals surface area (Å²) in [6, 6.07) is 13.2. The zero-order valence-corrected chi connectivity index (χ0v) is 23.0. The zero-order valence-electron chi connectivity index (χ0n) is 20.6. The molecular formula is C26H33Cl2N3O4S. The maximum Gasteiger partial charge on any atom is 0.242 e. The smallest absolute Gasteiger partial charge is 0.242 e. The molecule has 2 aromatic carbocycles. The third-order valence-corrected chi connectivity index (χ3v) is 8.06. The van der Waals surface area contributed by atoms with Crippen molar-refractivity contribution in [2.45, 2.75) is 64.1 Å². The predicted molar refractivity (Wildman–Crippen MR) is 145 cm³/mol. The molecule has 0 bridgehead atoms. The summed E-state index contributed by atoms with van der Waals surface area (Å²) in [5.41, 5.74) is 1.30. The molecule has 36 heavy (non-hydrogen) atoms. The SMILES string of the molecule is C[C@H](C(=O)NC1CCCC1)N(Cc1ccc(Cl)cc1)C(=O)CCCN(c1cccc(Cl)c1)S(C)(=O)=O. The highest BCUT2D eigenvalue weighted by Crippen LogP contribution is 2.23. The van der Waals surface area contributed by atoms with Crippen molar-refractivity contribution in [1.29, 1.82) is 0 Å². The Morgan fingerprint density at radius 2 is 1.72 bits per heavy atom. The lowest BCUT2D eigenvalue weighted by Crippen LogP contribution is -2.49. The molecule has 1 fully saturated rings. The highest BCUT2D eigenvalue weighted by atomic mass is 35.5. The fraction of sp³-hybridized carbons (Fsp3) is 0.462. The molecule has 10 heteroatoms. The number of rotatable bonds is 11. The molecule has 0 radical (unpaired) electrons. The van der Waals surface area contributed by atoms with Gasteiger partial charge >= 0.3 is 0 Å². The van der Waals surface area contributed by atoms with E-state index in [0.717, 1.165) is 37.5 Å². The number of hydrogen-bond donors (Lipinski definition) is 1. The molecule has 0 aromatic heterocycles. The van der Waals surface area contributed by atoms with Crippen molar-refractivity contribution in [3.63, 3.8) is 0 Å². The van der Waals surface area contributed by atoms with Crippen LogP contribution in [0.25, 0.3) is 0 Å². The summed E-state index contributed by atoms with van der Waals surface area (Å²) in [6.07, 6.45) is 5.58. The lowest BCUT2D eigenvalue weighted by atomic mass is 10.1. The highest BCUT2D eigenvalue weighted by Gasteiger charge is 2.28. The van der Waals surface area contributed by atoms with Gasteiger partial charge in [-0.05, 0) is 62.1 Å². The first kappa shape index (κ1) is 28.3. The molecule has 1 N–H and O–H groups in total. The minimum atomic E-state index is -3.58. The van der Waals surface area contributed by atoms with E-state index in [0.29, 0.717) is 15.7 Å². The summed E-state index contributed by atoms with van der Waals surface area (Å²) in [7, 11) is -3.58. The minimum absolute atomic E-state index is 0.0845. The van der Waals surface area contributed by atoms with Crippen LogP contribution in [0, 0.1) is 0 Å². The number of carbonyl (C=O) groups excluding carboxylic acids is 2. The molecule has 1 saturated carbocycles. The summed E-state index contributed by atoms with van der Waals surface area (Å²) in [4.78, 5) is 27.9. The molecule has 0 unspecified atom stereocenters. The van der Waals surface area contributed by atoms with E-state index in [1.807, 2.05) is 12.1 Å². The second kappa shape index (κ2) is 12.8. The fourth-order valence-corrected chi connectivity index (χ4v) is 5.66. The largest absolute Gasteiger partial charge is 0.352 e. The van der Waals surface area contributed by atoms with Gasteiger partial charge in [-0.2, -0.15) is 0 Å². The second-order valence-electron chi connectivity index (χ2n) is 9.23. The van der Waals surface area contributed by atoms with Crippen molar-refractivity contribution in [2.24, 2.45) is 0 Å². The normalized spacial score (nSPS) is 14.9. The first-order chi connectivity index (χ1) is 17.0. The molecule has 0 saturated heterocycles. The van der Waals surface area contributed by atoms with Crippen molar-refractivity contribution in [3.8, 4) is 0 Å². The number of nitrogens with zero attached hydrogens (tertiary/aromatic N) is 2. The van der Waals surface area contributed by atoms with Crippen LogP contribution in [0.2, 0.25) is 10.0 Å². The quantitative estimate of drug-likeness (QED) is 0.423. The zero-order chi connectivity index (χ0) is 26.3. The summed E-state index contributed by atoms with van der Waals surface area (Å²) in [6.45, 7) is 2.09. The molecule has 2 amide bonds. The summed E-state index contributed by atoms with van der Waals surface area (Å²) >= 11 is 12.1. The first-order valence-corrected chi connectivity index (χ1v) is 14.7. The summed E-state index contributed by atoms with van der Waals surface area (Å²) in [5, 5.41) is 4.09. The van der Waals surface area contributed by atoms with E-state index >= 15 is 0 Å². The lowest BCUT2D eigenvalue weighted by Gasteiger charge is -2.30. The van der Waals surface area contributed by atoms with Gasteiger partial charge in [0.05, 0.1) is 11.9 Å².